The van der Waals surface area contributed by atoms with Gasteiger partial charge in [-0.3, -0.25) is 9.69 Å². The minimum absolute atomic E-state index is 0.0800. The summed E-state index contributed by atoms with van der Waals surface area (Å²) in [7, 11) is 0. The molecule has 2 aromatic rings. The molecule has 0 spiro atoms. The lowest BCUT2D eigenvalue weighted by Crippen LogP contribution is -2.37. The number of fused-ring (bicyclic) bond motifs is 1. The number of carbonyl (C=O) groups is 1. The van der Waals surface area contributed by atoms with Crippen molar-refractivity contribution in [3.8, 4) is 11.5 Å². The van der Waals surface area contributed by atoms with Crippen LogP contribution < -0.4 is 14.8 Å². The van der Waals surface area contributed by atoms with Crippen LogP contribution in [0.15, 0.2) is 35.7 Å². The van der Waals surface area contributed by atoms with E-state index in [1.54, 1.807) is 11.3 Å². The van der Waals surface area contributed by atoms with E-state index in [0.717, 1.165) is 30.2 Å². The summed E-state index contributed by atoms with van der Waals surface area (Å²) in [5.41, 5.74) is 1.09. The highest BCUT2D eigenvalue weighted by Gasteiger charge is 2.20. The molecule has 0 bridgehead atoms. The topological polar surface area (TPSA) is 50.8 Å². The van der Waals surface area contributed by atoms with Crippen molar-refractivity contribution in [1.29, 1.82) is 0 Å². The number of aryl methyl sites for hydroxylation is 1. The molecule has 1 amide bonds. The molecule has 0 radical (unpaired) electrons. The summed E-state index contributed by atoms with van der Waals surface area (Å²) in [6, 6.07) is 10.3. The first kappa shape index (κ1) is 18.7. The third-order valence-corrected chi connectivity index (χ3v) is 5.67. The maximum Gasteiger partial charge on any atom is 0.231 e. The van der Waals surface area contributed by atoms with E-state index in [9.17, 15) is 4.79 Å². The second kappa shape index (κ2) is 9.05. The van der Waals surface area contributed by atoms with Crippen LogP contribution in [-0.2, 0) is 11.2 Å². The van der Waals surface area contributed by atoms with Crippen molar-refractivity contribution in [3.63, 3.8) is 0 Å². The number of hydrogen-bond donors (Lipinski definition) is 1. The minimum Gasteiger partial charge on any atom is -0.454 e. The van der Waals surface area contributed by atoms with Crippen molar-refractivity contribution in [2.75, 3.05) is 26.4 Å². The predicted octanol–water partition coefficient (Wildman–Crippen LogP) is 3.61. The van der Waals surface area contributed by atoms with Crippen molar-refractivity contribution < 1.29 is 14.3 Å². The molecule has 1 atom stereocenters. The average Bonchev–Trinajstić information content (AvgIpc) is 3.34. The van der Waals surface area contributed by atoms with Crippen LogP contribution >= 0.6 is 11.3 Å². The normalized spacial score (nSPS) is 13.8. The van der Waals surface area contributed by atoms with Crippen LogP contribution in [0.25, 0.3) is 0 Å². The molecule has 0 fully saturated rings. The molecule has 6 heteroatoms. The lowest BCUT2D eigenvalue weighted by molar-refractivity contribution is -0.121. The standard InChI is InChI=1S/C20H26N2O3S/c1-3-22(4-2)16(19-6-5-11-26-19)13-21-20(23)10-8-15-7-9-17-18(12-15)25-14-24-17/h5-7,9,11-12,16H,3-4,8,10,13-14H2,1-2H3,(H,21,23). The molecule has 1 aromatic heterocycles. The summed E-state index contributed by atoms with van der Waals surface area (Å²) in [5, 5.41) is 5.20. The van der Waals surface area contributed by atoms with Crippen LogP contribution in [0.2, 0.25) is 0 Å². The fourth-order valence-corrected chi connectivity index (χ4v) is 4.07. The Balaban J connectivity index is 1.52. The summed E-state index contributed by atoms with van der Waals surface area (Å²) in [6.45, 7) is 7.16. The summed E-state index contributed by atoms with van der Waals surface area (Å²) >= 11 is 1.74. The lowest BCUT2D eigenvalue weighted by atomic mass is 10.1. The van der Waals surface area contributed by atoms with E-state index in [4.69, 9.17) is 9.47 Å². The van der Waals surface area contributed by atoms with Gasteiger partial charge < -0.3 is 14.8 Å². The highest BCUT2D eigenvalue weighted by Crippen LogP contribution is 2.32. The van der Waals surface area contributed by atoms with Gasteiger partial charge in [-0.05, 0) is 48.7 Å². The van der Waals surface area contributed by atoms with Crippen molar-refractivity contribution >= 4 is 17.2 Å². The van der Waals surface area contributed by atoms with E-state index in [2.05, 4.69) is 41.6 Å². The Morgan fingerprint density at radius 2 is 2.04 bits per heavy atom. The van der Waals surface area contributed by atoms with Crippen LogP contribution in [0, 0.1) is 0 Å². The number of carbonyl (C=O) groups excluding carboxylic acids is 1. The number of amides is 1. The fourth-order valence-electron chi connectivity index (χ4n) is 3.21. The molecule has 140 valence electrons. The number of hydrogen-bond acceptors (Lipinski definition) is 5. The van der Waals surface area contributed by atoms with Crippen LogP contribution in [0.4, 0.5) is 0 Å². The Labute approximate surface area is 158 Å². The average molecular weight is 375 g/mol. The van der Waals surface area contributed by atoms with E-state index < -0.39 is 0 Å². The molecular formula is C20H26N2O3S. The number of nitrogens with one attached hydrogen (secondary N) is 1. The Bertz CT molecular complexity index is 714. The van der Waals surface area contributed by atoms with Gasteiger partial charge in [0.2, 0.25) is 12.7 Å². The Morgan fingerprint density at radius 1 is 1.23 bits per heavy atom. The molecule has 1 unspecified atom stereocenters. The monoisotopic (exact) mass is 374 g/mol. The predicted molar refractivity (Wildman–Crippen MR) is 104 cm³/mol. The second-order valence-electron chi connectivity index (χ2n) is 6.24. The quantitative estimate of drug-likeness (QED) is 0.728. The largest absolute Gasteiger partial charge is 0.454 e. The van der Waals surface area contributed by atoms with Crippen LogP contribution in [0.3, 0.4) is 0 Å². The Morgan fingerprint density at radius 3 is 2.77 bits per heavy atom. The van der Waals surface area contributed by atoms with E-state index in [1.807, 2.05) is 18.2 Å². The molecule has 2 heterocycles. The Kier molecular flexibility index (Phi) is 6.52. The van der Waals surface area contributed by atoms with Crippen LogP contribution in [-0.4, -0.2) is 37.2 Å². The van der Waals surface area contributed by atoms with Gasteiger partial charge in [0, 0.05) is 17.8 Å². The number of nitrogens with zero attached hydrogens (tertiary/aromatic N) is 1. The summed E-state index contributed by atoms with van der Waals surface area (Å²) in [5.74, 6) is 1.62. The SMILES string of the molecule is CCN(CC)C(CNC(=O)CCc1ccc2c(c1)OCO2)c1cccs1. The molecule has 5 nitrogen and oxygen atoms in total. The zero-order valence-electron chi connectivity index (χ0n) is 15.4. The van der Waals surface area contributed by atoms with Gasteiger partial charge in [-0.1, -0.05) is 26.0 Å². The number of benzene rings is 1. The maximum absolute atomic E-state index is 12.3. The summed E-state index contributed by atoms with van der Waals surface area (Å²) < 4.78 is 10.7. The summed E-state index contributed by atoms with van der Waals surface area (Å²) in [6.07, 6.45) is 1.16. The molecule has 1 aromatic carbocycles. The van der Waals surface area contributed by atoms with Gasteiger partial charge in [0.15, 0.2) is 11.5 Å². The van der Waals surface area contributed by atoms with Gasteiger partial charge >= 0.3 is 0 Å². The van der Waals surface area contributed by atoms with E-state index in [0.29, 0.717) is 19.4 Å². The number of ether oxygens (including phenoxy) is 2. The summed E-state index contributed by atoms with van der Waals surface area (Å²) in [4.78, 5) is 16.0. The first-order chi connectivity index (χ1) is 12.7. The zero-order chi connectivity index (χ0) is 18.4. The van der Waals surface area contributed by atoms with E-state index in [1.165, 1.54) is 4.88 Å². The highest BCUT2D eigenvalue weighted by atomic mass is 32.1. The molecule has 1 aliphatic heterocycles. The van der Waals surface area contributed by atoms with Gasteiger partial charge in [0.05, 0.1) is 6.04 Å². The first-order valence-corrected chi connectivity index (χ1v) is 10.0. The van der Waals surface area contributed by atoms with Crippen LogP contribution in [0.5, 0.6) is 11.5 Å². The molecular weight excluding hydrogens is 348 g/mol. The third kappa shape index (κ3) is 4.56. The minimum atomic E-state index is 0.0800. The highest BCUT2D eigenvalue weighted by molar-refractivity contribution is 7.10. The number of thiophene rings is 1. The zero-order valence-corrected chi connectivity index (χ0v) is 16.2. The lowest BCUT2D eigenvalue weighted by Gasteiger charge is -2.29. The molecule has 0 saturated carbocycles. The molecule has 0 aliphatic carbocycles. The van der Waals surface area contributed by atoms with Crippen molar-refractivity contribution in [2.24, 2.45) is 0 Å². The van der Waals surface area contributed by atoms with E-state index >= 15 is 0 Å². The van der Waals surface area contributed by atoms with Gasteiger partial charge in [-0.2, -0.15) is 0 Å². The molecule has 1 N–H and O–H groups in total. The molecule has 26 heavy (non-hydrogen) atoms. The fraction of sp³-hybridized carbons (Fsp3) is 0.450. The van der Waals surface area contributed by atoms with Crippen LogP contribution in [0.1, 0.15) is 36.8 Å². The molecule has 0 saturated heterocycles. The van der Waals surface area contributed by atoms with Gasteiger partial charge in [0.1, 0.15) is 0 Å². The second-order valence-corrected chi connectivity index (χ2v) is 7.22. The first-order valence-electron chi connectivity index (χ1n) is 9.14. The van der Waals surface area contributed by atoms with Gasteiger partial charge in [-0.15, -0.1) is 11.3 Å². The number of rotatable bonds is 9. The smallest absolute Gasteiger partial charge is 0.231 e. The maximum atomic E-state index is 12.3. The van der Waals surface area contributed by atoms with Crippen molar-refractivity contribution in [2.45, 2.75) is 32.7 Å². The van der Waals surface area contributed by atoms with Crippen molar-refractivity contribution in [3.05, 3.63) is 46.2 Å². The van der Waals surface area contributed by atoms with Gasteiger partial charge in [-0.25, -0.2) is 0 Å². The third-order valence-electron chi connectivity index (χ3n) is 4.70. The van der Waals surface area contributed by atoms with E-state index in [-0.39, 0.29) is 18.7 Å². The molecule has 1 aliphatic rings. The number of likely N-dealkylation sites (N-methyl/N-ethyl adjacent to an activating group) is 1. The van der Waals surface area contributed by atoms with Crippen molar-refractivity contribution in [1.82, 2.24) is 10.2 Å². The Hall–Kier alpha value is -2.05. The van der Waals surface area contributed by atoms with Gasteiger partial charge in [0.25, 0.3) is 0 Å². The molecule has 3 rings (SSSR count).